The fourth-order valence-corrected chi connectivity index (χ4v) is 4.01. The van der Waals surface area contributed by atoms with E-state index in [0.29, 0.717) is 28.8 Å². The van der Waals surface area contributed by atoms with Gasteiger partial charge in [0.2, 0.25) is 0 Å². The van der Waals surface area contributed by atoms with Crippen molar-refractivity contribution < 1.29 is 14.5 Å². The van der Waals surface area contributed by atoms with E-state index in [0.717, 1.165) is 10.6 Å². The van der Waals surface area contributed by atoms with E-state index in [1.807, 2.05) is 43.3 Å². The monoisotopic (exact) mass is 481 g/mol. The van der Waals surface area contributed by atoms with Crippen LogP contribution < -0.4 is 0 Å². The van der Waals surface area contributed by atoms with Crippen molar-refractivity contribution in [3.05, 3.63) is 93.2 Å². The van der Waals surface area contributed by atoms with Crippen LogP contribution in [0.4, 0.5) is 5.69 Å². The second-order valence-electron chi connectivity index (χ2n) is 8.42. The average molecular weight is 482 g/mol. The average Bonchev–Trinajstić information content (AvgIpc) is 3.31. The van der Waals surface area contributed by atoms with Crippen molar-refractivity contribution in [1.29, 1.82) is 5.26 Å². The van der Waals surface area contributed by atoms with Crippen molar-refractivity contribution in [1.82, 2.24) is 14.7 Å². The predicted molar refractivity (Wildman–Crippen MR) is 134 cm³/mol. The Morgan fingerprint density at radius 3 is 2.36 bits per heavy atom. The van der Waals surface area contributed by atoms with E-state index in [1.54, 1.807) is 42.9 Å². The van der Waals surface area contributed by atoms with Crippen LogP contribution >= 0.6 is 0 Å². The lowest BCUT2D eigenvalue weighted by Crippen LogP contribution is -2.47. The summed E-state index contributed by atoms with van der Waals surface area (Å²) >= 11 is 0. The molecule has 1 aliphatic rings. The normalized spacial score (nSPS) is 15.8. The molecule has 0 aliphatic carbocycles. The molecule has 2 heterocycles. The SMILES string of the molecule is CCC(C)N1C(=O)C(C#N)=C(C)/C(=C\c2cn(-c3ccccc3)nc2-c2ccc([N+](=O)[O-])cc2)C1=O. The number of non-ortho nitro benzene ring substituents is 1. The van der Waals surface area contributed by atoms with Gasteiger partial charge in [-0.05, 0) is 56.2 Å². The smallest absolute Gasteiger partial charge is 0.271 e. The summed E-state index contributed by atoms with van der Waals surface area (Å²) in [6.45, 7) is 5.21. The molecule has 3 aromatic rings. The molecule has 0 bridgehead atoms. The van der Waals surface area contributed by atoms with E-state index in [2.05, 4.69) is 0 Å². The summed E-state index contributed by atoms with van der Waals surface area (Å²) < 4.78 is 1.65. The van der Waals surface area contributed by atoms with E-state index in [9.17, 15) is 25.0 Å². The molecule has 0 fully saturated rings. The number of rotatable bonds is 6. The van der Waals surface area contributed by atoms with E-state index in [-0.39, 0.29) is 22.9 Å². The zero-order valence-corrected chi connectivity index (χ0v) is 20.0. The quantitative estimate of drug-likeness (QED) is 0.215. The summed E-state index contributed by atoms with van der Waals surface area (Å²) in [7, 11) is 0. The van der Waals surface area contributed by atoms with Gasteiger partial charge in [-0.15, -0.1) is 0 Å². The van der Waals surface area contributed by atoms with Crippen LogP contribution in [0.1, 0.15) is 32.8 Å². The van der Waals surface area contributed by atoms with Gasteiger partial charge in [0.1, 0.15) is 11.6 Å². The molecule has 0 saturated heterocycles. The van der Waals surface area contributed by atoms with E-state index >= 15 is 0 Å². The molecule has 1 aromatic heterocycles. The molecule has 9 heteroatoms. The molecule has 0 saturated carbocycles. The minimum absolute atomic E-state index is 0.0521. The highest BCUT2D eigenvalue weighted by molar-refractivity contribution is 6.20. The number of carbonyl (C=O) groups excluding carboxylic acids is 2. The second kappa shape index (κ2) is 9.80. The number of nitro groups is 1. The number of carbonyl (C=O) groups is 2. The number of hydrogen-bond donors (Lipinski definition) is 0. The van der Waals surface area contributed by atoms with Crippen LogP contribution in [0.25, 0.3) is 23.0 Å². The van der Waals surface area contributed by atoms with Gasteiger partial charge in [-0.25, -0.2) is 4.68 Å². The van der Waals surface area contributed by atoms with Crippen LogP contribution in [-0.2, 0) is 9.59 Å². The molecule has 1 aliphatic heterocycles. The molecule has 4 rings (SSSR count). The Hall–Kier alpha value is -4.84. The lowest BCUT2D eigenvalue weighted by Gasteiger charge is -2.31. The first-order valence-electron chi connectivity index (χ1n) is 11.4. The van der Waals surface area contributed by atoms with Crippen LogP contribution in [0.3, 0.4) is 0 Å². The fraction of sp³-hybridized carbons (Fsp3) is 0.185. The summed E-state index contributed by atoms with van der Waals surface area (Å²) in [5.74, 6) is -1.07. The number of amides is 2. The standard InChI is InChI=1S/C27H23N5O4/c1-4-17(2)31-26(33)23(18(3)24(15-28)27(31)34)14-20-16-30(21-8-6-5-7-9-21)29-25(20)19-10-12-22(13-11-19)32(35)36/h5-14,16-17H,4H2,1-3H3/b23-14+. The predicted octanol–water partition coefficient (Wildman–Crippen LogP) is 4.84. The minimum atomic E-state index is -0.595. The fourth-order valence-electron chi connectivity index (χ4n) is 4.01. The molecular formula is C27H23N5O4. The van der Waals surface area contributed by atoms with Gasteiger partial charge in [0, 0.05) is 41.1 Å². The Morgan fingerprint density at radius 1 is 1.11 bits per heavy atom. The number of aromatic nitrogens is 2. The van der Waals surface area contributed by atoms with Crippen molar-refractivity contribution in [3.63, 3.8) is 0 Å². The summed E-state index contributed by atoms with van der Waals surface area (Å²) in [4.78, 5) is 38.1. The number of hydrogen-bond acceptors (Lipinski definition) is 6. The van der Waals surface area contributed by atoms with Crippen LogP contribution in [-0.4, -0.2) is 37.5 Å². The van der Waals surface area contributed by atoms with E-state index in [1.165, 1.54) is 12.1 Å². The molecule has 9 nitrogen and oxygen atoms in total. The first-order valence-corrected chi connectivity index (χ1v) is 11.4. The molecular weight excluding hydrogens is 458 g/mol. The van der Waals surface area contributed by atoms with Gasteiger partial charge in [0.25, 0.3) is 17.5 Å². The summed E-state index contributed by atoms with van der Waals surface area (Å²) in [6.07, 6.45) is 3.91. The number of nitrogens with zero attached hydrogens (tertiary/aromatic N) is 5. The Labute approximate surface area is 207 Å². The highest BCUT2D eigenvalue weighted by Gasteiger charge is 2.37. The Morgan fingerprint density at radius 2 is 1.78 bits per heavy atom. The summed E-state index contributed by atoms with van der Waals surface area (Å²) in [6, 6.07) is 16.9. The number of nitriles is 1. The molecule has 2 amide bonds. The Balaban J connectivity index is 1.92. The third-order valence-electron chi connectivity index (χ3n) is 6.22. The van der Waals surface area contributed by atoms with Gasteiger partial charge in [0.05, 0.1) is 16.3 Å². The number of benzene rings is 2. The molecule has 1 unspecified atom stereocenters. The zero-order chi connectivity index (χ0) is 26.0. The van der Waals surface area contributed by atoms with Crippen molar-refractivity contribution in [2.24, 2.45) is 0 Å². The Bertz CT molecular complexity index is 1460. The van der Waals surface area contributed by atoms with E-state index in [4.69, 9.17) is 5.10 Å². The summed E-state index contributed by atoms with van der Waals surface area (Å²) in [5.41, 5.74) is 2.84. The van der Waals surface area contributed by atoms with Crippen LogP contribution in [0.2, 0.25) is 0 Å². The molecule has 36 heavy (non-hydrogen) atoms. The first-order chi connectivity index (χ1) is 17.3. The Kier molecular flexibility index (Phi) is 6.61. The van der Waals surface area contributed by atoms with Crippen molar-refractivity contribution in [2.75, 3.05) is 0 Å². The maximum Gasteiger partial charge on any atom is 0.271 e. The van der Waals surface area contributed by atoms with Crippen LogP contribution in [0, 0.1) is 21.4 Å². The lowest BCUT2D eigenvalue weighted by atomic mass is 9.92. The molecule has 0 N–H and O–H groups in total. The lowest BCUT2D eigenvalue weighted by molar-refractivity contribution is -0.384. The summed E-state index contributed by atoms with van der Waals surface area (Å²) in [5, 5.41) is 25.5. The zero-order valence-electron chi connectivity index (χ0n) is 20.0. The van der Waals surface area contributed by atoms with Gasteiger partial charge >= 0.3 is 0 Å². The molecule has 2 aromatic carbocycles. The van der Waals surface area contributed by atoms with Crippen molar-refractivity contribution in [2.45, 2.75) is 33.2 Å². The topological polar surface area (TPSA) is 122 Å². The van der Waals surface area contributed by atoms with Gasteiger partial charge in [0.15, 0.2) is 0 Å². The van der Waals surface area contributed by atoms with Crippen molar-refractivity contribution >= 4 is 23.6 Å². The maximum atomic E-state index is 13.4. The van der Waals surface area contributed by atoms with Gasteiger partial charge in [-0.1, -0.05) is 25.1 Å². The number of nitro benzene ring substituents is 1. The van der Waals surface area contributed by atoms with Crippen LogP contribution in [0.15, 0.2) is 77.5 Å². The third-order valence-corrected chi connectivity index (χ3v) is 6.22. The molecule has 1 atom stereocenters. The van der Waals surface area contributed by atoms with Crippen LogP contribution in [0.5, 0.6) is 0 Å². The maximum absolute atomic E-state index is 13.4. The molecule has 0 radical (unpaired) electrons. The van der Waals surface area contributed by atoms with Crippen molar-refractivity contribution in [3.8, 4) is 23.0 Å². The first kappa shape index (κ1) is 24.3. The van der Waals surface area contributed by atoms with E-state index < -0.39 is 16.7 Å². The third kappa shape index (κ3) is 4.32. The van der Waals surface area contributed by atoms with Gasteiger partial charge < -0.3 is 0 Å². The largest absolute Gasteiger partial charge is 0.271 e. The minimum Gasteiger partial charge on any atom is -0.271 e. The second-order valence-corrected chi connectivity index (χ2v) is 8.42. The number of para-hydroxylation sites is 1. The van der Waals surface area contributed by atoms with Gasteiger partial charge in [-0.2, -0.15) is 10.4 Å². The highest BCUT2D eigenvalue weighted by atomic mass is 16.6. The molecule has 180 valence electrons. The number of imide groups is 1. The molecule has 0 spiro atoms. The highest BCUT2D eigenvalue weighted by Crippen LogP contribution is 2.32. The van der Waals surface area contributed by atoms with Gasteiger partial charge in [-0.3, -0.25) is 24.6 Å².